The zero-order chi connectivity index (χ0) is 13.9. The summed E-state index contributed by atoms with van der Waals surface area (Å²) in [6, 6.07) is -0.0503. The normalized spacial score (nSPS) is 30.1. The summed E-state index contributed by atoms with van der Waals surface area (Å²) in [7, 11) is -1.77. The van der Waals surface area contributed by atoms with Crippen LogP contribution in [0.3, 0.4) is 0 Å². The summed E-state index contributed by atoms with van der Waals surface area (Å²) in [5, 5.41) is 0. The van der Waals surface area contributed by atoms with E-state index in [1.807, 2.05) is 0 Å². The lowest BCUT2D eigenvalue weighted by Crippen LogP contribution is -2.53. The van der Waals surface area contributed by atoms with E-state index in [4.69, 9.17) is 10.5 Å². The van der Waals surface area contributed by atoms with E-state index in [0.29, 0.717) is 19.6 Å². The molecule has 2 fully saturated rings. The van der Waals surface area contributed by atoms with Gasteiger partial charge in [-0.05, 0) is 25.7 Å². The Morgan fingerprint density at radius 3 is 2.74 bits per heavy atom. The first-order valence-electron chi connectivity index (χ1n) is 7.10. The van der Waals surface area contributed by atoms with Gasteiger partial charge in [0.25, 0.3) is 10.2 Å². The van der Waals surface area contributed by atoms with E-state index < -0.39 is 10.2 Å². The summed E-state index contributed by atoms with van der Waals surface area (Å²) >= 11 is 0. The van der Waals surface area contributed by atoms with Crippen molar-refractivity contribution >= 4 is 10.2 Å². The molecular formula is C12H25N3O3S. The van der Waals surface area contributed by atoms with Gasteiger partial charge in [-0.15, -0.1) is 0 Å². The first-order chi connectivity index (χ1) is 9.05. The molecule has 2 heterocycles. The number of nitrogens with two attached hydrogens (primary N) is 1. The van der Waals surface area contributed by atoms with Crippen molar-refractivity contribution in [1.29, 1.82) is 0 Å². The highest BCUT2D eigenvalue weighted by atomic mass is 32.2. The zero-order valence-corrected chi connectivity index (χ0v) is 12.4. The first-order valence-corrected chi connectivity index (χ1v) is 8.50. The third-order valence-corrected chi connectivity index (χ3v) is 6.03. The second-order valence-electron chi connectivity index (χ2n) is 5.42. The van der Waals surface area contributed by atoms with Crippen LogP contribution in [0.5, 0.6) is 0 Å². The van der Waals surface area contributed by atoms with E-state index in [1.54, 1.807) is 11.4 Å². The lowest BCUT2D eigenvalue weighted by molar-refractivity contribution is 0.0955. The molecule has 2 N–H and O–H groups in total. The van der Waals surface area contributed by atoms with Crippen LogP contribution in [-0.4, -0.2) is 62.5 Å². The molecule has 2 saturated heterocycles. The minimum Gasteiger partial charge on any atom is -0.377 e. The molecule has 0 aromatic carbocycles. The van der Waals surface area contributed by atoms with Crippen LogP contribution in [0.4, 0.5) is 0 Å². The molecule has 2 rings (SSSR count). The molecule has 0 aromatic heterocycles. The van der Waals surface area contributed by atoms with Crippen LogP contribution in [0.25, 0.3) is 0 Å². The molecule has 0 amide bonds. The monoisotopic (exact) mass is 291 g/mol. The predicted molar refractivity (Wildman–Crippen MR) is 73.9 cm³/mol. The minimum atomic E-state index is -3.40. The summed E-state index contributed by atoms with van der Waals surface area (Å²) < 4.78 is 33.7. The summed E-state index contributed by atoms with van der Waals surface area (Å²) in [5.41, 5.74) is 5.70. The maximum absolute atomic E-state index is 12.6. The number of ether oxygens (including phenoxy) is 1. The maximum atomic E-state index is 12.6. The quantitative estimate of drug-likeness (QED) is 0.782. The van der Waals surface area contributed by atoms with Gasteiger partial charge in [0, 0.05) is 39.3 Å². The van der Waals surface area contributed by atoms with E-state index in [-0.39, 0.29) is 12.1 Å². The highest BCUT2D eigenvalue weighted by molar-refractivity contribution is 7.86. The molecule has 0 aliphatic carbocycles. The van der Waals surface area contributed by atoms with E-state index in [1.165, 1.54) is 4.31 Å². The lowest BCUT2D eigenvalue weighted by Gasteiger charge is -2.36. The summed E-state index contributed by atoms with van der Waals surface area (Å²) in [6.07, 6.45) is 4.85. The lowest BCUT2D eigenvalue weighted by atomic mass is 10.1. The average molecular weight is 291 g/mol. The molecule has 0 saturated carbocycles. The van der Waals surface area contributed by atoms with Crippen molar-refractivity contribution < 1.29 is 13.2 Å². The molecule has 2 aliphatic heterocycles. The Kier molecular flexibility index (Phi) is 5.19. The average Bonchev–Trinajstić information content (AvgIpc) is 2.91. The summed E-state index contributed by atoms with van der Waals surface area (Å²) in [4.78, 5) is 0. The molecule has 0 aromatic rings. The minimum absolute atomic E-state index is 0.0425. The van der Waals surface area contributed by atoms with Gasteiger partial charge in [-0.2, -0.15) is 17.0 Å². The Labute approximate surface area is 116 Å². The first kappa shape index (κ1) is 15.2. The number of hydrogen-bond acceptors (Lipinski definition) is 4. The van der Waals surface area contributed by atoms with Crippen LogP contribution in [0.2, 0.25) is 0 Å². The van der Waals surface area contributed by atoms with Crippen molar-refractivity contribution in [2.24, 2.45) is 5.73 Å². The largest absolute Gasteiger partial charge is 0.377 e. The summed E-state index contributed by atoms with van der Waals surface area (Å²) in [6.45, 7) is 2.16. The topological polar surface area (TPSA) is 75.9 Å². The number of nitrogens with zero attached hydrogens (tertiary/aromatic N) is 2. The number of rotatable bonds is 5. The van der Waals surface area contributed by atoms with Crippen LogP contribution in [0, 0.1) is 0 Å². The van der Waals surface area contributed by atoms with Crippen LogP contribution in [0.15, 0.2) is 0 Å². The van der Waals surface area contributed by atoms with Gasteiger partial charge in [0.15, 0.2) is 0 Å². The number of likely N-dealkylation sites (N-methyl/N-ethyl adjacent to an activating group) is 1. The van der Waals surface area contributed by atoms with Crippen molar-refractivity contribution in [2.45, 2.75) is 44.2 Å². The Hall–Kier alpha value is -0.210. The fraction of sp³-hybridized carbons (Fsp3) is 1.00. The van der Waals surface area contributed by atoms with Crippen LogP contribution in [-0.2, 0) is 14.9 Å². The zero-order valence-electron chi connectivity index (χ0n) is 11.6. The van der Waals surface area contributed by atoms with Crippen molar-refractivity contribution in [3.63, 3.8) is 0 Å². The molecule has 2 atom stereocenters. The molecule has 0 radical (unpaired) electrons. The van der Waals surface area contributed by atoms with E-state index in [9.17, 15) is 8.42 Å². The fourth-order valence-electron chi connectivity index (χ4n) is 2.86. The second-order valence-corrected chi connectivity index (χ2v) is 7.41. The second kappa shape index (κ2) is 6.49. The number of piperidine rings is 1. The Morgan fingerprint density at radius 1 is 1.32 bits per heavy atom. The fourth-order valence-corrected chi connectivity index (χ4v) is 4.50. The number of hydrogen-bond donors (Lipinski definition) is 1. The van der Waals surface area contributed by atoms with Gasteiger partial charge in [-0.3, -0.25) is 0 Å². The van der Waals surface area contributed by atoms with Gasteiger partial charge in [-0.1, -0.05) is 6.42 Å². The van der Waals surface area contributed by atoms with Gasteiger partial charge in [0.1, 0.15) is 0 Å². The van der Waals surface area contributed by atoms with E-state index >= 15 is 0 Å². The predicted octanol–water partition coefficient (Wildman–Crippen LogP) is 0.155. The van der Waals surface area contributed by atoms with Crippen molar-refractivity contribution in [3.05, 3.63) is 0 Å². The van der Waals surface area contributed by atoms with Crippen molar-refractivity contribution in [2.75, 3.05) is 33.3 Å². The third kappa shape index (κ3) is 3.46. The Morgan fingerprint density at radius 2 is 2.11 bits per heavy atom. The van der Waals surface area contributed by atoms with Gasteiger partial charge < -0.3 is 10.5 Å². The molecular weight excluding hydrogens is 266 g/mol. The van der Waals surface area contributed by atoms with Crippen LogP contribution in [0.1, 0.15) is 32.1 Å². The third-order valence-electron chi connectivity index (χ3n) is 4.02. The molecule has 112 valence electrons. The van der Waals surface area contributed by atoms with Gasteiger partial charge >= 0.3 is 0 Å². The highest BCUT2D eigenvalue weighted by Crippen LogP contribution is 2.22. The Bertz CT molecular complexity index is 382. The highest BCUT2D eigenvalue weighted by Gasteiger charge is 2.35. The standard InChI is InChI=1S/C12H25N3O3S/c1-14(10-12-6-4-8-18-12)19(16,17)15-7-3-2-5-11(15)9-13/h11-12H,2-10,13H2,1H3. The molecule has 2 aliphatic rings. The van der Waals surface area contributed by atoms with Gasteiger partial charge in [-0.25, -0.2) is 0 Å². The van der Waals surface area contributed by atoms with Crippen molar-refractivity contribution in [3.8, 4) is 0 Å². The molecule has 2 unspecified atom stereocenters. The van der Waals surface area contributed by atoms with Gasteiger partial charge in [0.05, 0.1) is 6.10 Å². The maximum Gasteiger partial charge on any atom is 0.282 e. The molecule has 0 bridgehead atoms. The van der Waals surface area contributed by atoms with E-state index in [0.717, 1.165) is 38.7 Å². The van der Waals surface area contributed by atoms with Crippen LogP contribution < -0.4 is 5.73 Å². The Balaban J connectivity index is 2.02. The van der Waals surface area contributed by atoms with E-state index in [2.05, 4.69) is 0 Å². The molecule has 0 spiro atoms. The molecule has 7 heteroatoms. The molecule has 19 heavy (non-hydrogen) atoms. The van der Waals surface area contributed by atoms with Crippen molar-refractivity contribution in [1.82, 2.24) is 8.61 Å². The SMILES string of the molecule is CN(CC1CCCO1)S(=O)(=O)N1CCCCC1CN. The molecule has 6 nitrogen and oxygen atoms in total. The van der Waals surface area contributed by atoms with Gasteiger partial charge in [0.2, 0.25) is 0 Å². The smallest absolute Gasteiger partial charge is 0.282 e. The summed E-state index contributed by atoms with van der Waals surface area (Å²) in [5.74, 6) is 0. The van der Waals surface area contributed by atoms with Crippen LogP contribution >= 0.6 is 0 Å².